The van der Waals surface area contributed by atoms with Gasteiger partial charge in [0.1, 0.15) is 34.3 Å². The van der Waals surface area contributed by atoms with Crippen LogP contribution in [0.25, 0.3) is 45.1 Å². The minimum Gasteiger partial charge on any atom is -0.378 e. The number of benzene rings is 2. The van der Waals surface area contributed by atoms with E-state index in [0.717, 1.165) is 76.3 Å². The quantitative estimate of drug-likeness (QED) is 0.172. The average molecular weight is 865 g/mol. The Bertz CT molecular complexity index is 2540. The number of aromatic nitrogens is 8. The molecule has 0 radical (unpaired) electrons. The summed E-state index contributed by atoms with van der Waals surface area (Å²) in [5.74, 6) is 2.62. The molecule has 0 saturated carbocycles. The Labute approximate surface area is 361 Å². The van der Waals surface area contributed by atoms with E-state index >= 15 is 0 Å². The molecule has 4 aliphatic rings. The van der Waals surface area contributed by atoms with Gasteiger partial charge >= 0.3 is 0 Å². The Morgan fingerprint density at radius 3 is 1.35 bits per heavy atom. The summed E-state index contributed by atoms with van der Waals surface area (Å²) in [6.07, 6.45) is 2.21. The number of imidazole rings is 2. The number of likely N-dealkylation sites (tertiary alicyclic amines) is 1. The van der Waals surface area contributed by atoms with E-state index in [0.29, 0.717) is 98.1 Å². The molecule has 0 aliphatic carbocycles. The van der Waals surface area contributed by atoms with Crippen molar-refractivity contribution in [2.75, 3.05) is 126 Å². The van der Waals surface area contributed by atoms with Gasteiger partial charge in [-0.3, -0.25) is 19.4 Å². The van der Waals surface area contributed by atoms with Crippen LogP contribution in [0.15, 0.2) is 48.5 Å². The van der Waals surface area contributed by atoms with Gasteiger partial charge in [-0.2, -0.15) is 19.9 Å². The number of hydrogen-bond donors (Lipinski definition) is 4. The van der Waals surface area contributed by atoms with Gasteiger partial charge < -0.3 is 45.8 Å². The molecule has 2 aromatic carbocycles. The number of nitrogen functional groups attached to an aromatic ring is 2. The highest BCUT2D eigenvalue weighted by Gasteiger charge is 2.28. The van der Waals surface area contributed by atoms with E-state index in [1.807, 2.05) is 9.80 Å². The van der Waals surface area contributed by atoms with Gasteiger partial charge in [-0.15, -0.1) is 0 Å². The molecule has 63 heavy (non-hydrogen) atoms. The summed E-state index contributed by atoms with van der Waals surface area (Å²) >= 11 is 0. The standard InChI is InChI=1S/C21H25FN8O2.C21H25FN8O/c22-15-3-1-14(2-4-15)18-24-17-19(25-18)26-21(23)27-20(17)30-7-5-28(6-8-30)13-16(31)29-9-11-32-12-10-29;22-15-5-3-14(4-6-15)18-24-17-19(25-18)26-21(23)27-20(17)30-11-9-28(10-12-30)13-16(31)29-7-1-2-8-29/h1-4H,5-13H2,(H3,23,24,25,26,27);3-6H,1-2,7-13H2,(H3,23,24,25,26,27). The molecule has 8 heterocycles. The normalized spacial score (nSPS) is 17.7. The monoisotopic (exact) mass is 864 g/mol. The Balaban J connectivity index is 0.000000160. The number of fused-ring (bicyclic) bond motifs is 2. The minimum absolute atomic E-state index is 0.146. The highest BCUT2D eigenvalue weighted by molar-refractivity contribution is 5.88. The topological polar surface area (TPSA) is 224 Å². The molecule has 21 heteroatoms. The molecule has 0 spiro atoms. The predicted octanol–water partition coefficient (Wildman–Crippen LogP) is 2.21. The van der Waals surface area contributed by atoms with Crippen LogP contribution in [0.1, 0.15) is 12.8 Å². The van der Waals surface area contributed by atoms with Crippen LogP contribution in [0.4, 0.5) is 32.3 Å². The summed E-state index contributed by atoms with van der Waals surface area (Å²) < 4.78 is 31.9. The molecule has 10 rings (SSSR count). The van der Waals surface area contributed by atoms with E-state index in [1.165, 1.54) is 24.3 Å². The third-order valence-corrected chi connectivity index (χ3v) is 11.8. The van der Waals surface area contributed by atoms with Crippen molar-refractivity contribution in [1.82, 2.24) is 59.5 Å². The maximum absolute atomic E-state index is 13.3. The van der Waals surface area contributed by atoms with E-state index in [4.69, 9.17) is 16.2 Å². The molecule has 2 amide bonds. The second-order valence-electron chi connectivity index (χ2n) is 16.0. The lowest BCUT2D eigenvalue weighted by molar-refractivity contribution is -0.136. The number of carbonyl (C=O) groups excluding carboxylic acids is 2. The molecular weight excluding hydrogens is 815 g/mol. The fourth-order valence-electron chi connectivity index (χ4n) is 8.34. The number of rotatable bonds is 8. The molecule has 6 N–H and O–H groups in total. The summed E-state index contributed by atoms with van der Waals surface area (Å²) in [7, 11) is 0. The smallest absolute Gasteiger partial charge is 0.236 e. The van der Waals surface area contributed by atoms with Gasteiger partial charge in [0, 0.05) is 89.7 Å². The zero-order valence-corrected chi connectivity index (χ0v) is 34.8. The molecule has 19 nitrogen and oxygen atoms in total. The van der Waals surface area contributed by atoms with Crippen LogP contribution in [0.5, 0.6) is 0 Å². The predicted molar refractivity (Wildman–Crippen MR) is 233 cm³/mol. The van der Waals surface area contributed by atoms with E-state index in [-0.39, 0.29) is 35.3 Å². The zero-order chi connectivity index (χ0) is 43.5. The number of nitrogens with two attached hydrogens (primary N) is 2. The highest BCUT2D eigenvalue weighted by Crippen LogP contribution is 2.29. The molecule has 4 aliphatic heterocycles. The Morgan fingerprint density at radius 1 is 0.540 bits per heavy atom. The first-order chi connectivity index (χ1) is 30.6. The van der Waals surface area contributed by atoms with E-state index in [1.54, 1.807) is 24.3 Å². The lowest BCUT2D eigenvalue weighted by Gasteiger charge is -2.36. The highest BCUT2D eigenvalue weighted by atomic mass is 19.1. The van der Waals surface area contributed by atoms with Crippen molar-refractivity contribution in [2.24, 2.45) is 0 Å². The van der Waals surface area contributed by atoms with Crippen molar-refractivity contribution < 1.29 is 23.1 Å². The van der Waals surface area contributed by atoms with Crippen LogP contribution in [0, 0.1) is 11.6 Å². The fourth-order valence-corrected chi connectivity index (χ4v) is 8.34. The van der Waals surface area contributed by atoms with Gasteiger partial charge in [0.25, 0.3) is 0 Å². The van der Waals surface area contributed by atoms with E-state index < -0.39 is 0 Å². The SMILES string of the molecule is Nc1nc(N2CCN(CC(=O)N3CCCC3)CC2)c2[nH]c(-c3ccc(F)cc3)nc2n1.Nc1nc(N2CCN(CC(=O)N3CCOCC3)CC2)c2[nH]c(-c3ccc(F)cc3)nc2n1. The van der Waals surface area contributed by atoms with Crippen LogP contribution >= 0.6 is 0 Å². The number of halogens is 2. The Hall–Kier alpha value is -6.58. The number of morpholine rings is 1. The maximum Gasteiger partial charge on any atom is 0.236 e. The van der Waals surface area contributed by atoms with Crippen LogP contribution in [0.2, 0.25) is 0 Å². The van der Waals surface area contributed by atoms with Crippen LogP contribution in [-0.4, -0.2) is 176 Å². The number of nitrogens with one attached hydrogen (secondary N) is 2. The third kappa shape index (κ3) is 9.59. The molecule has 0 atom stereocenters. The molecule has 0 unspecified atom stereocenters. The number of piperazine rings is 2. The number of carbonyl (C=O) groups is 2. The number of aromatic amines is 2. The molecular formula is C42H50F2N16O3. The zero-order valence-electron chi connectivity index (χ0n) is 34.8. The van der Waals surface area contributed by atoms with Crippen molar-refractivity contribution in [2.45, 2.75) is 12.8 Å². The van der Waals surface area contributed by atoms with Crippen molar-refractivity contribution in [3.8, 4) is 22.8 Å². The second-order valence-corrected chi connectivity index (χ2v) is 16.0. The molecule has 6 aromatic rings. The molecule has 4 fully saturated rings. The van der Waals surface area contributed by atoms with Gasteiger partial charge in [-0.25, -0.2) is 18.7 Å². The number of ether oxygens (including phenoxy) is 1. The maximum atomic E-state index is 13.3. The largest absolute Gasteiger partial charge is 0.378 e. The summed E-state index contributed by atoms with van der Waals surface area (Å²) in [6, 6.07) is 12.2. The third-order valence-electron chi connectivity index (χ3n) is 11.8. The lowest BCUT2D eigenvalue weighted by atomic mass is 10.2. The summed E-state index contributed by atoms with van der Waals surface area (Å²) in [5, 5.41) is 0. The molecule has 4 saturated heterocycles. The van der Waals surface area contributed by atoms with Gasteiger partial charge in [-0.05, 0) is 61.4 Å². The number of hydrogen-bond acceptors (Lipinski definition) is 15. The second kappa shape index (κ2) is 18.4. The number of anilines is 4. The number of amides is 2. The minimum atomic E-state index is -0.306. The summed E-state index contributed by atoms with van der Waals surface area (Å²) in [5.41, 5.74) is 15.8. The van der Waals surface area contributed by atoms with E-state index in [9.17, 15) is 18.4 Å². The van der Waals surface area contributed by atoms with E-state index in [2.05, 4.69) is 59.5 Å². The van der Waals surface area contributed by atoms with Gasteiger partial charge in [0.2, 0.25) is 23.7 Å². The van der Waals surface area contributed by atoms with Crippen LogP contribution in [-0.2, 0) is 14.3 Å². The lowest BCUT2D eigenvalue weighted by Crippen LogP contribution is -2.51. The van der Waals surface area contributed by atoms with Crippen molar-refractivity contribution >= 4 is 57.7 Å². The molecule has 0 bridgehead atoms. The molecule has 330 valence electrons. The van der Waals surface area contributed by atoms with Crippen LogP contribution in [0.3, 0.4) is 0 Å². The van der Waals surface area contributed by atoms with Gasteiger partial charge in [0.05, 0.1) is 26.3 Å². The van der Waals surface area contributed by atoms with Crippen LogP contribution < -0.4 is 21.3 Å². The van der Waals surface area contributed by atoms with Gasteiger partial charge in [0.15, 0.2) is 22.9 Å². The summed E-state index contributed by atoms with van der Waals surface area (Å²) in [4.78, 5) is 70.5. The molecule has 4 aromatic heterocycles. The van der Waals surface area contributed by atoms with Gasteiger partial charge in [-0.1, -0.05) is 0 Å². The average Bonchev–Trinajstić information content (AvgIpc) is 4.09. The first-order valence-electron chi connectivity index (χ1n) is 21.3. The summed E-state index contributed by atoms with van der Waals surface area (Å²) in [6.45, 7) is 11.0. The van der Waals surface area contributed by atoms with Crippen molar-refractivity contribution in [1.29, 1.82) is 0 Å². The fraction of sp³-hybridized carbons (Fsp3) is 0.429. The Kier molecular flexibility index (Phi) is 12.2. The van der Waals surface area contributed by atoms with Crippen molar-refractivity contribution in [3.63, 3.8) is 0 Å². The number of nitrogens with zero attached hydrogens (tertiary/aromatic N) is 12. The first-order valence-corrected chi connectivity index (χ1v) is 21.3. The first kappa shape index (κ1) is 41.8. The Morgan fingerprint density at radius 2 is 0.937 bits per heavy atom. The van der Waals surface area contributed by atoms with Crippen molar-refractivity contribution in [3.05, 3.63) is 60.2 Å². The number of H-pyrrole nitrogens is 2.